The molecule has 0 saturated carbocycles. The van der Waals surface area contributed by atoms with Crippen LogP contribution >= 0.6 is 0 Å². The number of unbranched alkanes of at least 4 members (excludes halogenated alkanes) is 1. The maximum absolute atomic E-state index is 12.8. The number of nitrogens with zero attached hydrogens (tertiary/aromatic N) is 1. The Balaban J connectivity index is 1.68. The lowest BCUT2D eigenvalue weighted by molar-refractivity contribution is -0.149. The first-order valence-electron chi connectivity index (χ1n) is 11.0. The Morgan fingerprint density at radius 2 is 1.62 bits per heavy atom. The highest BCUT2D eigenvalue weighted by Crippen LogP contribution is 2.44. The third-order valence-electron chi connectivity index (χ3n) is 6.07. The molecule has 7 nitrogen and oxygen atoms in total. The van der Waals surface area contributed by atoms with Crippen molar-refractivity contribution in [1.82, 2.24) is 10.2 Å². The highest BCUT2D eigenvalue weighted by Gasteiger charge is 2.31. The quantitative estimate of drug-likeness (QED) is 0.617. The first-order chi connectivity index (χ1) is 15.3. The number of aliphatic carboxylic acids is 1. The van der Waals surface area contributed by atoms with E-state index in [1.165, 1.54) is 14.0 Å². The van der Waals surface area contributed by atoms with Crippen LogP contribution in [0.4, 0.5) is 4.79 Å². The predicted octanol–water partition coefficient (Wildman–Crippen LogP) is 4.02. The zero-order valence-electron chi connectivity index (χ0n) is 18.7. The molecule has 0 aliphatic heterocycles. The van der Waals surface area contributed by atoms with E-state index in [9.17, 15) is 19.5 Å². The second-order valence-corrected chi connectivity index (χ2v) is 8.13. The highest BCUT2D eigenvalue weighted by atomic mass is 16.5. The molecule has 2 aromatic rings. The van der Waals surface area contributed by atoms with E-state index in [4.69, 9.17) is 4.74 Å². The SMILES string of the molecule is CCCCC(NC(=O)OCC1c2ccccc2-c2ccccc21)C(=O)N(C)[C@@H](C)C(=O)O. The number of hydrogen-bond donors (Lipinski definition) is 2. The Hall–Kier alpha value is -3.35. The minimum atomic E-state index is -1.10. The summed E-state index contributed by atoms with van der Waals surface area (Å²) in [6.45, 7) is 3.57. The van der Waals surface area contributed by atoms with E-state index >= 15 is 0 Å². The number of carbonyl (C=O) groups excluding carboxylic acids is 2. The fraction of sp³-hybridized carbons (Fsp3) is 0.400. The van der Waals surface area contributed by atoms with E-state index < -0.39 is 30.1 Å². The normalized spacial score (nSPS) is 14.1. The summed E-state index contributed by atoms with van der Waals surface area (Å²) >= 11 is 0. The van der Waals surface area contributed by atoms with Gasteiger partial charge in [0, 0.05) is 13.0 Å². The van der Waals surface area contributed by atoms with Gasteiger partial charge in [0.15, 0.2) is 0 Å². The number of alkyl carbamates (subject to hydrolysis) is 1. The maximum atomic E-state index is 12.8. The molecule has 2 N–H and O–H groups in total. The summed E-state index contributed by atoms with van der Waals surface area (Å²) in [6.07, 6.45) is 1.29. The van der Waals surface area contributed by atoms with Crippen molar-refractivity contribution in [3.63, 3.8) is 0 Å². The van der Waals surface area contributed by atoms with Crippen molar-refractivity contribution in [2.75, 3.05) is 13.7 Å². The van der Waals surface area contributed by atoms with Crippen molar-refractivity contribution in [2.24, 2.45) is 0 Å². The minimum Gasteiger partial charge on any atom is -0.480 e. The summed E-state index contributed by atoms with van der Waals surface area (Å²) in [5.41, 5.74) is 4.49. The van der Waals surface area contributed by atoms with E-state index in [1.807, 2.05) is 43.3 Å². The molecule has 32 heavy (non-hydrogen) atoms. The molecular weight excluding hydrogens is 408 g/mol. The predicted molar refractivity (Wildman–Crippen MR) is 121 cm³/mol. The average Bonchev–Trinajstić information content (AvgIpc) is 3.12. The van der Waals surface area contributed by atoms with Crippen LogP contribution in [-0.2, 0) is 14.3 Å². The van der Waals surface area contributed by atoms with Gasteiger partial charge in [-0.15, -0.1) is 0 Å². The van der Waals surface area contributed by atoms with Crippen molar-refractivity contribution in [3.05, 3.63) is 59.7 Å². The maximum Gasteiger partial charge on any atom is 0.407 e. The number of carboxylic acid groups (broad SMARTS) is 1. The molecule has 2 aromatic carbocycles. The molecular formula is C25H30N2O5. The number of nitrogens with one attached hydrogen (secondary N) is 1. The van der Waals surface area contributed by atoms with Crippen LogP contribution in [0.1, 0.15) is 50.2 Å². The molecule has 0 aromatic heterocycles. The van der Waals surface area contributed by atoms with Gasteiger partial charge in [-0.25, -0.2) is 9.59 Å². The number of hydrogen-bond acceptors (Lipinski definition) is 4. The van der Waals surface area contributed by atoms with Crippen molar-refractivity contribution < 1.29 is 24.2 Å². The lowest BCUT2D eigenvalue weighted by atomic mass is 9.98. The minimum absolute atomic E-state index is 0.0763. The second-order valence-electron chi connectivity index (χ2n) is 8.13. The number of fused-ring (bicyclic) bond motifs is 3. The fourth-order valence-corrected chi connectivity index (χ4v) is 4.05. The van der Waals surface area contributed by atoms with Crippen LogP contribution in [0.25, 0.3) is 11.1 Å². The smallest absolute Gasteiger partial charge is 0.407 e. The molecule has 170 valence electrons. The van der Waals surface area contributed by atoms with Crippen molar-refractivity contribution in [1.29, 1.82) is 0 Å². The van der Waals surface area contributed by atoms with Gasteiger partial charge in [0.05, 0.1) is 0 Å². The van der Waals surface area contributed by atoms with E-state index in [-0.39, 0.29) is 12.5 Å². The first kappa shape index (κ1) is 23.3. The third-order valence-corrected chi connectivity index (χ3v) is 6.07. The van der Waals surface area contributed by atoms with E-state index in [0.29, 0.717) is 6.42 Å². The van der Waals surface area contributed by atoms with Gasteiger partial charge < -0.3 is 20.1 Å². The summed E-state index contributed by atoms with van der Waals surface area (Å²) in [5, 5.41) is 11.9. The van der Waals surface area contributed by atoms with Crippen molar-refractivity contribution in [2.45, 2.75) is 51.1 Å². The molecule has 0 heterocycles. The molecule has 2 atom stereocenters. The van der Waals surface area contributed by atoms with Gasteiger partial charge in [-0.1, -0.05) is 68.3 Å². The summed E-state index contributed by atoms with van der Waals surface area (Å²) < 4.78 is 5.55. The number of amides is 2. The van der Waals surface area contributed by atoms with Gasteiger partial charge in [0.25, 0.3) is 0 Å². The van der Waals surface area contributed by atoms with Crippen LogP contribution in [0.5, 0.6) is 0 Å². The molecule has 0 fully saturated rings. The average molecular weight is 439 g/mol. The van der Waals surface area contributed by atoms with Crippen LogP contribution in [-0.4, -0.2) is 53.7 Å². The van der Waals surface area contributed by atoms with Gasteiger partial charge in [-0.05, 0) is 35.6 Å². The Morgan fingerprint density at radius 1 is 1.06 bits per heavy atom. The zero-order valence-corrected chi connectivity index (χ0v) is 18.7. The Labute approximate surface area is 188 Å². The summed E-state index contributed by atoms with van der Waals surface area (Å²) in [6, 6.07) is 14.3. The Bertz CT molecular complexity index is 944. The first-order valence-corrected chi connectivity index (χ1v) is 11.0. The molecule has 0 spiro atoms. The van der Waals surface area contributed by atoms with E-state index in [2.05, 4.69) is 17.4 Å². The topological polar surface area (TPSA) is 95.9 Å². The molecule has 0 radical (unpaired) electrons. The molecule has 1 unspecified atom stereocenters. The zero-order chi connectivity index (χ0) is 23.3. The molecule has 1 aliphatic carbocycles. The number of likely N-dealkylation sites (N-methyl/N-ethyl adjacent to an activating group) is 1. The van der Waals surface area contributed by atoms with Gasteiger partial charge in [0.1, 0.15) is 18.7 Å². The summed E-state index contributed by atoms with van der Waals surface area (Å²) in [7, 11) is 1.43. The van der Waals surface area contributed by atoms with Gasteiger partial charge in [-0.3, -0.25) is 4.79 Å². The van der Waals surface area contributed by atoms with Gasteiger partial charge >= 0.3 is 12.1 Å². The summed E-state index contributed by atoms with van der Waals surface area (Å²) in [5.74, 6) is -1.62. The number of benzene rings is 2. The van der Waals surface area contributed by atoms with Gasteiger partial charge in [-0.2, -0.15) is 0 Å². The van der Waals surface area contributed by atoms with Crippen LogP contribution in [0.15, 0.2) is 48.5 Å². The summed E-state index contributed by atoms with van der Waals surface area (Å²) in [4.78, 5) is 37.8. The lowest BCUT2D eigenvalue weighted by Gasteiger charge is -2.27. The molecule has 0 bridgehead atoms. The number of carbonyl (C=O) groups is 3. The second kappa shape index (κ2) is 10.3. The van der Waals surface area contributed by atoms with Crippen LogP contribution in [0, 0.1) is 0 Å². The van der Waals surface area contributed by atoms with Crippen LogP contribution < -0.4 is 5.32 Å². The molecule has 2 amide bonds. The molecule has 1 aliphatic rings. The third kappa shape index (κ3) is 4.93. The molecule has 3 rings (SSSR count). The van der Waals surface area contributed by atoms with Crippen LogP contribution in [0.3, 0.4) is 0 Å². The van der Waals surface area contributed by atoms with Crippen LogP contribution in [0.2, 0.25) is 0 Å². The lowest BCUT2D eigenvalue weighted by Crippen LogP contribution is -2.51. The van der Waals surface area contributed by atoms with Crippen molar-refractivity contribution in [3.8, 4) is 11.1 Å². The highest BCUT2D eigenvalue weighted by molar-refractivity contribution is 5.89. The van der Waals surface area contributed by atoms with Gasteiger partial charge in [0.2, 0.25) is 5.91 Å². The molecule has 7 heteroatoms. The monoisotopic (exact) mass is 438 g/mol. The van der Waals surface area contributed by atoms with E-state index in [0.717, 1.165) is 40.0 Å². The van der Waals surface area contributed by atoms with Crippen molar-refractivity contribution >= 4 is 18.0 Å². The fourth-order valence-electron chi connectivity index (χ4n) is 4.05. The number of rotatable bonds is 9. The Kier molecular flexibility index (Phi) is 7.51. The Morgan fingerprint density at radius 3 is 2.16 bits per heavy atom. The number of ether oxygens (including phenoxy) is 1. The molecule has 0 saturated heterocycles. The standard InChI is InChI=1S/C25H30N2O5/c1-4-5-14-22(23(28)27(3)16(2)24(29)30)26-25(31)32-15-21-19-12-8-6-10-17(19)18-11-7-9-13-20(18)21/h6-13,16,21-22H,4-5,14-15H2,1-3H3,(H,26,31)(H,29,30)/t16-,22?/m0/s1. The van der Waals surface area contributed by atoms with E-state index in [1.54, 1.807) is 0 Å². The number of carboxylic acids is 1. The largest absolute Gasteiger partial charge is 0.480 e.